The molecule has 88 valence electrons. The van der Waals surface area contributed by atoms with Crippen molar-refractivity contribution in [3.05, 3.63) is 0 Å². The lowest BCUT2D eigenvalue weighted by atomic mass is 9.64. The van der Waals surface area contributed by atoms with Gasteiger partial charge in [0.05, 0.1) is 5.41 Å². The Labute approximate surface area is 91.8 Å². The van der Waals surface area contributed by atoms with Gasteiger partial charge in [0.2, 0.25) is 11.6 Å². The van der Waals surface area contributed by atoms with Gasteiger partial charge in [-0.15, -0.1) is 0 Å². The van der Waals surface area contributed by atoms with Gasteiger partial charge in [-0.2, -0.15) is 0 Å². The number of hydrogen-bond acceptors (Lipinski definition) is 3. The Balaban J connectivity index is 2.72. The molecule has 0 aromatic rings. The van der Waals surface area contributed by atoms with E-state index in [-0.39, 0.29) is 12.8 Å². The highest BCUT2D eigenvalue weighted by Gasteiger charge is 2.80. The third-order valence-corrected chi connectivity index (χ3v) is 4.81. The van der Waals surface area contributed by atoms with Crippen molar-refractivity contribution < 1.29 is 23.9 Å². The smallest absolute Gasteiger partial charge is 0.318 e. The fraction of sp³-hybridized carbons (Fsp3) is 0.727. The third-order valence-electron chi connectivity index (χ3n) is 4.81. The first kappa shape index (κ1) is 11.2. The van der Waals surface area contributed by atoms with Crippen molar-refractivity contribution in [3.63, 3.8) is 0 Å². The van der Waals surface area contributed by atoms with Crippen LogP contribution >= 0.6 is 0 Å². The molecule has 0 aliphatic heterocycles. The number of carbonyl (C=O) groups is 3. The van der Waals surface area contributed by atoms with E-state index >= 15 is 0 Å². The first-order valence-corrected chi connectivity index (χ1v) is 5.16. The molecule has 2 aliphatic carbocycles. The standard InChI is InChI=1S/C11H13FO4/c1-9(2)10(5-12)3-4-11(9,8(15)16)7(14)6(10)13/h3-5H2,1-2H3,(H,15,16). The van der Waals surface area contributed by atoms with E-state index in [0.717, 1.165) is 0 Å². The molecule has 0 radical (unpaired) electrons. The van der Waals surface area contributed by atoms with Gasteiger partial charge in [0.25, 0.3) is 0 Å². The summed E-state index contributed by atoms with van der Waals surface area (Å²) in [6, 6.07) is 0. The Bertz CT molecular complexity index is 414. The number of carboxylic acids is 1. The first-order valence-electron chi connectivity index (χ1n) is 5.16. The highest BCUT2D eigenvalue weighted by atomic mass is 19.1. The van der Waals surface area contributed by atoms with Gasteiger partial charge in [-0.1, -0.05) is 13.8 Å². The van der Waals surface area contributed by atoms with Crippen LogP contribution in [-0.2, 0) is 14.4 Å². The molecule has 0 spiro atoms. The summed E-state index contributed by atoms with van der Waals surface area (Å²) >= 11 is 0. The number of carboxylic acid groups (broad SMARTS) is 1. The van der Waals surface area contributed by atoms with Crippen molar-refractivity contribution >= 4 is 17.5 Å². The molecule has 2 bridgehead atoms. The SMILES string of the molecule is CC1(C)C2(CF)CCC1(C(=O)O)C(=O)C2=O. The van der Waals surface area contributed by atoms with E-state index in [1.54, 1.807) is 0 Å². The van der Waals surface area contributed by atoms with Crippen LogP contribution in [0.15, 0.2) is 0 Å². The first-order chi connectivity index (χ1) is 7.28. The molecule has 2 atom stereocenters. The van der Waals surface area contributed by atoms with E-state index < -0.39 is 40.5 Å². The van der Waals surface area contributed by atoms with E-state index in [4.69, 9.17) is 0 Å². The van der Waals surface area contributed by atoms with Crippen LogP contribution in [0.2, 0.25) is 0 Å². The van der Waals surface area contributed by atoms with Gasteiger partial charge in [-0.05, 0) is 12.8 Å². The number of fused-ring (bicyclic) bond motifs is 2. The van der Waals surface area contributed by atoms with Crippen molar-refractivity contribution in [2.45, 2.75) is 26.7 Å². The van der Waals surface area contributed by atoms with E-state index in [9.17, 15) is 23.9 Å². The van der Waals surface area contributed by atoms with Crippen LogP contribution in [0.3, 0.4) is 0 Å². The summed E-state index contributed by atoms with van der Waals surface area (Å²) in [7, 11) is 0. The van der Waals surface area contributed by atoms with Crippen LogP contribution in [0.1, 0.15) is 26.7 Å². The Morgan fingerprint density at radius 2 is 1.88 bits per heavy atom. The molecule has 0 aromatic carbocycles. The van der Waals surface area contributed by atoms with E-state index in [1.165, 1.54) is 13.8 Å². The Kier molecular flexibility index (Phi) is 1.90. The summed E-state index contributed by atoms with van der Waals surface area (Å²) in [6.45, 7) is 2.06. The molecule has 2 aliphatic rings. The molecular formula is C11H13FO4. The lowest BCUT2D eigenvalue weighted by Crippen LogP contribution is -2.44. The van der Waals surface area contributed by atoms with E-state index in [1.807, 2.05) is 0 Å². The number of aliphatic carboxylic acids is 1. The minimum atomic E-state index is -1.71. The molecule has 0 heterocycles. The number of ketones is 2. The molecule has 4 nitrogen and oxygen atoms in total. The van der Waals surface area contributed by atoms with Crippen molar-refractivity contribution in [1.82, 2.24) is 0 Å². The van der Waals surface area contributed by atoms with Gasteiger partial charge in [-0.25, -0.2) is 4.39 Å². The molecule has 2 unspecified atom stereocenters. The quantitative estimate of drug-likeness (QED) is 0.565. The zero-order chi connectivity index (χ0) is 12.4. The van der Waals surface area contributed by atoms with Gasteiger partial charge in [0.1, 0.15) is 12.1 Å². The zero-order valence-corrected chi connectivity index (χ0v) is 9.17. The summed E-state index contributed by atoms with van der Waals surface area (Å²) in [5.74, 6) is -3.06. The number of alkyl halides is 1. The molecule has 5 heteroatoms. The molecule has 2 rings (SSSR count). The molecular weight excluding hydrogens is 215 g/mol. The summed E-state index contributed by atoms with van der Waals surface area (Å²) in [5, 5.41) is 9.23. The summed E-state index contributed by atoms with van der Waals surface area (Å²) in [6.07, 6.45) is 0.206. The third kappa shape index (κ3) is 0.739. The number of Topliss-reactive ketones (excluding diaryl/α,β-unsaturated/α-hetero) is 2. The largest absolute Gasteiger partial charge is 0.480 e. The van der Waals surface area contributed by atoms with Crippen LogP contribution in [0.5, 0.6) is 0 Å². The van der Waals surface area contributed by atoms with Gasteiger partial charge >= 0.3 is 5.97 Å². The Morgan fingerprint density at radius 1 is 1.31 bits per heavy atom. The number of carbonyl (C=O) groups excluding carboxylic acids is 2. The second-order valence-electron chi connectivity index (χ2n) is 5.21. The summed E-state index contributed by atoms with van der Waals surface area (Å²) in [5.41, 5.74) is -4.27. The van der Waals surface area contributed by atoms with Crippen LogP contribution in [0.25, 0.3) is 0 Å². The normalized spacial score (nSPS) is 40.4. The van der Waals surface area contributed by atoms with Gasteiger partial charge < -0.3 is 5.11 Å². The van der Waals surface area contributed by atoms with E-state index in [2.05, 4.69) is 0 Å². The lowest BCUT2D eigenvalue weighted by molar-refractivity contribution is -0.160. The molecule has 2 saturated carbocycles. The highest BCUT2D eigenvalue weighted by Crippen LogP contribution is 2.69. The van der Waals surface area contributed by atoms with Gasteiger partial charge in [-0.3, -0.25) is 14.4 Å². The number of rotatable bonds is 2. The minimum Gasteiger partial charge on any atom is -0.480 e. The maximum atomic E-state index is 13.2. The maximum Gasteiger partial charge on any atom is 0.318 e. The van der Waals surface area contributed by atoms with Crippen LogP contribution < -0.4 is 0 Å². The van der Waals surface area contributed by atoms with Crippen molar-refractivity contribution in [2.24, 2.45) is 16.2 Å². The predicted octanol–water partition coefficient (Wildman–Crippen LogP) is 0.985. The summed E-state index contributed by atoms with van der Waals surface area (Å²) < 4.78 is 13.2. The number of hydrogen-bond donors (Lipinski definition) is 1. The van der Waals surface area contributed by atoms with Gasteiger partial charge in [0, 0.05) is 5.41 Å². The lowest BCUT2D eigenvalue weighted by Gasteiger charge is -2.35. The highest BCUT2D eigenvalue weighted by molar-refractivity contribution is 6.48. The molecule has 0 amide bonds. The molecule has 16 heavy (non-hydrogen) atoms. The molecule has 2 fully saturated rings. The molecule has 0 aromatic heterocycles. The fourth-order valence-electron chi connectivity index (χ4n) is 3.41. The average molecular weight is 228 g/mol. The van der Waals surface area contributed by atoms with E-state index in [0.29, 0.717) is 0 Å². The van der Waals surface area contributed by atoms with Crippen LogP contribution in [0, 0.1) is 16.2 Å². The predicted molar refractivity (Wildman–Crippen MR) is 51.5 cm³/mol. The van der Waals surface area contributed by atoms with Crippen molar-refractivity contribution in [3.8, 4) is 0 Å². The van der Waals surface area contributed by atoms with Crippen molar-refractivity contribution in [2.75, 3.05) is 6.67 Å². The zero-order valence-electron chi connectivity index (χ0n) is 9.17. The van der Waals surface area contributed by atoms with Crippen LogP contribution in [-0.4, -0.2) is 29.3 Å². The minimum absolute atomic E-state index is 0.0594. The van der Waals surface area contributed by atoms with Crippen molar-refractivity contribution in [1.29, 1.82) is 0 Å². The molecule has 1 N–H and O–H groups in total. The Morgan fingerprint density at radius 3 is 2.19 bits per heavy atom. The maximum absolute atomic E-state index is 13.2. The van der Waals surface area contributed by atoms with Crippen LogP contribution in [0.4, 0.5) is 4.39 Å². The average Bonchev–Trinajstić information content (AvgIpc) is 2.51. The Hall–Kier alpha value is -1.26. The fourth-order valence-corrected chi connectivity index (χ4v) is 3.41. The second-order valence-corrected chi connectivity index (χ2v) is 5.21. The molecule has 0 saturated heterocycles. The summed E-state index contributed by atoms with van der Waals surface area (Å²) in [4.78, 5) is 34.9. The monoisotopic (exact) mass is 228 g/mol. The second kappa shape index (κ2) is 2.70. The number of halogens is 1. The topological polar surface area (TPSA) is 71.4 Å². The van der Waals surface area contributed by atoms with Gasteiger partial charge in [0.15, 0.2) is 0 Å².